The van der Waals surface area contributed by atoms with E-state index in [4.69, 9.17) is 0 Å². The molecule has 2 fully saturated rings. The SMILES string of the molecule is O[C@H]1CCCN(CC2CCCC2)C1. The molecule has 0 bridgehead atoms. The first-order valence-corrected chi connectivity index (χ1v) is 5.75. The topological polar surface area (TPSA) is 23.5 Å². The molecular weight excluding hydrogens is 162 g/mol. The summed E-state index contributed by atoms with van der Waals surface area (Å²) in [5.41, 5.74) is 0. The van der Waals surface area contributed by atoms with E-state index in [9.17, 15) is 5.11 Å². The summed E-state index contributed by atoms with van der Waals surface area (Å²) < 4.78 is 0. The highest BCUT2D eigenvalue weighted by Crippen LogP contribution is 2.26. The molecule has 13 heavy (non-hydrogen) atoms. The number of piperidine rings is 1. The van der Waals surface area contributed by atoms with E-state index >= 15 is 0 Å². The van der Waals surface area contributed by atoms with Crippen LogP contribution in [0, 0.1) is 5.92 Å². The molecule has 0 aromatic rings. The molecule has 1 saturated carbocycles. The van der Waals surface area contributed by atoms with Gasteiger partial charge in [0, 0.05) is 13.1 Å². The van der Waals surface area contributed by atoms with Crippen molar-refractivity contribution in [2.45, 2.75) is 44.6 Å². The van der Waals surface area contributed by atoms with Crippen molar-refractivity contribution in [3.63, 3.8) is 0 Å². The minimum atomic E-state index is -0.0462. The molecule has 2 nitrogen and oxygen atoms in total. The second-order valence-electron chi connectivity index (χ2n) is 4.71. The molecule has 76 valence electrons. The maximum Gasteiger partial charge on any atom is 0.0667 e. The molecule has 0 spiro atoms. The number of nitrogens with zero attached hydrogens (tertiary/aromatic N) is 1. The number of aliphatic hydroxyl groups is 1. The van der Waals surface area contributed by atoms with Crippen LogP contribution in [0.4, 0.5) is 0 Å². The molecule has 1 N–H and O–H groups in total. The minimum absolute atomic E-state index is 0.0462. The minimum Gasteiger partial charge on any atom is -0.392 e. The van der Waals surface area contributed by atoms with Gasteiger partial charge in [-0.25, -0.2) is 0 Å². The highest BCUT2D eigenvalue weighted by atomic mass is 16.3. The van der Waals surface area contributed by atoms with Crippen LogP contribution in [0.3, 0.4) is 0 Å². The summed E-state index contributed by atoms with van der Waals surface area (Å²) in [6.45, 7) is 3.39. The summed E-state index contributed by atoms with van der Waals surface area (Å²) in [5, 5.41) is 9.51. The summed E-state index contributed by atoms with van der Waals surface area (Å²) in [5.74, 6) is 0.935. The van der Waals surface area contributed by atoms with Crippen LogP contribution < -0.4 is 0 Å². The molecule has 0 amide bonds. The molecular formula is C11H21NO. The van der Waals surface area contributed by atoms with Gasteiger partial charge in [0.25, 0.3) is 0 Å². The number of rotatable bonds is 2. The monoisotopic (exact) mass is 183 g/mol. The van der Waals surface area contributed by atoms with E-state index in [0.717, 1.165) is 18.9 Å². The third kappa shape index (κ3) is 2.68. The maximum atomic E-state index is 9.51. The lowest BCUT2D eigenvalue weighted by molar-refractivity contribution is 0.0625. The lowest BCUT2D eigenvalue weighted by atomic mass is 10.0. The van der Waals surface area contributed by atoms with Crippen molar-refractivity contribution in [3.05, 3.63) is 0 Å². The average Bonchev–Trinajstić information content (AvgIpc) is 2.57. The van der Waals surface area contributed by atoms with Gasteiger partial charge in [-0.05, 0) is 38.1 Å². The first-order chi connectivity index (χ1) is 6.34. The van der Waals surface area contributed by atoms with E-state index < -0.39 is 0 Å². The van der Waals surface area contributed by atoms with Gasteiger partial charge in [-0.2, -0.15) is 0 Å². The number of likely N-dealkylation sites (tertiary alicyclic amines) is 1. The van der Waals surface area contributed by atoms with Crippen LogP contribution in [-0.2, 0) is 0 Å². The van der Waals surface area contributed by atoms with Crippen LogP contribution in [0.2, 0.25) is 0 Å². The molecule has 1 atom stereocenters. The van der Waals surface area contributed by atoms with Crippen molar-refractivity contribution in [3.8, 4) is 0 Å². The largest absolute Gasteiger partial charge is 0.392 e. The van der Waals surface area contributed by atoms with E-state index in [0.29, 0.717) is 0 Å². The Kier molecular flexibility index (Phi) is 3.23. The Morgan fingerprint density at radius 1 is 1.08 bits per heavy atom. The van der Waals surface area contributed by atoms with Gasteiger partial charge in [0.05, 0.1) is 6.10 Å². The summed E-state index contributed by atoms with van der Waals surface area (Å²) >= 11 is 0. The fraction of sp³-hybridized carbons (Fsp3) is 1.00. The van der Waals surface area contributed by atoms with E-state index in [-0.39, 0.29) is 6.10 Å². The second kappa shape index (κ2) is 4.43. The molecule has 0 aromatic carbocycles. The van der Waals surface area contributed by atoms with Crippen LogP contribution >= 0.6 is 0 Å². The second-order valence-corrected chi connectivity index (χ2v) is 4.71. The fourth-order valence-electron chi connectivity index (χ4n) is 2.76. The Hall–Kier alpha value is -0.0800. The molecule has 0 radical (unpaired) electrons. The Morgan fingerprint density at radius 2 is 1.85 bits per heavy atom. The number of aliphatic hydroxyl groups excluding tert-OH is 1. The van der Waals surface area contributed by atoms with Gasteiger partial charge in [-0.15, -0.1) is 0 Å². The van der Waals surface area contributed by atoms with Crippen molar-refractivity contribution in [1.82, 2.24) is 4.90 Å². The van der Waals surface area contributed by atoms with E-state index in [1.54, 1.807) is 0 Å². The third-order valence-corrected chi connectivity index (χ3v) is 3.47. The first-order valence-electron chi connectivity index (χ1n) is 5.75. The third-order valence-electron chi connectivity index (χ3n) is 3.47. The van der Waals surface area contributed by atoms with E-state index in [1.807, 2.05) is 0 Å². The van der Waals surface area contributed by atoms with Crippen LogP contribution in [-0.4, -0.2) is 35.7 Å². The van der Waals surface area contributed by atoms with Crippen molar-refractivity contribution >= 4 is 0 Å². The van der Waals surface area contributed by atoms with Crippen molar-refractivity contribution in [2.24, 2.45) is 5.92 Å². The van der Waals surface area contributed by atoms with Crippen molar-refractivity contribution in [1.29, 1.82) is 0 Å². The first kappa shape index (κ1) is 9.47. The van der Waals surface area contributed by atoms with E-state index in [1.165, 1.54) is 45.2 Å². The molecule has 2 rings (SSSR count). The normalized spacial score (nSPS) is 32.5. The standard InChI is InChI=1S/C11H21NO/c13-11-6-3-7-12(9-11)8-10-4-1-2-5-10/h10-11,13H,1-9H2/t11-/m0/s1. The molecule has 1 aliphatic heterocycles. The lowest BCUT2D eigenvalue weighted by Gasteiger charge is -2.31. The van der Waals surface area contributed by atoms with Gasteiger partial charge in [-0.3, -0.25) is 0 Å². The summed E-state index contributed by atoms with van der Waals surface area (Å²) in [7, 11) is 0. The smallest absolute Gasteiger partial charge is 0.0667 e. The summed E-state index contributed by atoms with van der Waals surface area (Å²) in [6, 6.07) is 0. The zero-order chi connectivity index (χ0) is 9.10. The van der Waals surface area contributed by atoms with Crippen molar-refractivity contribution in [2.75, 3.05) is 19.6 Å². The van der Waals surface area contributed by atoms with Crippen molar-refractivity contribution < 1.29 is 5.11 Å². The van der Waals surface area contributed by atoms with Crippen LogP contribution in [0.5, 0.6) is 0 Å². The van der Waals surface area contributed by atoms with Gasteiger partial charge >= 0.3 is 0 Å². The quantitative estimate of drug-likeness (QED) is 0.703. The number of β-amino-alcohol motifs (C(OH)–C–C–N with tert-alkyl or cyclic N) is 1. The molecule has 2 aliphatic rings. The highest BCUT2D eigenvalue weighted by Gasteiger charge is 2.22. The van der Waals surface area contributed by atoms with Gasteiger partial charge < -0.3 is 10.0 Å². The molecule has 1 aliphatic carbocycles. The zero-order valence-corrected chi connectivity index (χ0v) is 8.41. The summed E-state index contributed by atoms with van der Waals surface area (Å²) in [6.07, 6.45) is 7.87. The fourth-order valence-corrected chi connectivity index (χ4v) is 2.76. The maximum absolute atomic E-state index is 9.51. The zero-order valence-electron chi connectivity index (χ0n) is 8.41. The Morgan fingerprint density at radius 3 is 2.54 bits per heavy atom. The van der Waals surface area contributed by atoms with E-state index in [2.05, 4.69) is 4.90 Å². The predicted octanol–water partition coefficient (Wildman–Crippen LogP) is 1.63. The summed E-state index contributed by atoms with van der Waals surface area (Å²) in [4.78, 5) is 2.46. The Labute approximate surface area is 80.9 Å². The van der Waals surface area contributed by atoms with Gasteiger partial charge in [0.15, 0.2) is 0 Å². The molecule has 1 saturated heterocycles. The van der Waals surface area contributed by atoms with Crippen LogP contribution in [0.25, 0.3) is 0 Å². The predicted molar refractivity (Wildman–Crippen MR) is 53.6 cm³/mol. The molecule has 0 unspecified atom stereocenters. The van der Waals surface area contributed by atoms with Crippen LogP contribution in [0.15, 0.2) is 0 Å². The Bertz CT molecular complexity index is 154. The van der Waals surface area contributed by atoms with Gasteiger partial charge in [0.2, 0.25) is 0 Å². The van der Waals surface area contributed by atoms with Gasteiger partial charge in [0.1, 0.15) is 0 Å². The average molecular weight is 183 g/mol. The molecule has 2 heteroatoms. The lowest BCUT2D eigenvalue weighted by Crippen LogP contribution is -2.40. The Balaban J connectivity index is 1.73. The van der Waals surface area contributed by atoms with Gasteiger partial charge in [-0.1, -0.05) is 12.8 Å². The highest BCUT2D eigenvalue weighted by molar-refractivity contribution is 4.76. The molecule has 0 aromatic heterocycles. The number of hydrogen-bond donors (Lipinski definition) is 1. The number of hydrogen-bond acceptors (Lipinski definition) is 2. The van der Waals surface area contributed by atoms with Crippen LogP contribution in [0.1, 0.15) is 38.5 Å². The molecule has 1 heterocycles.